The highest BCUT2D eigenvalue weighted by Crippen LogP contribution is 2.35. The van der Waals surface area contributed by atoms with Crippen LogP contribution in [0.3, 0.4) is 0 Å². The molecule has 0 atom stereocenters. The van der Waals surface area contributed by atoms with Crippen molar-refractivity contribution in [3.05, 3.63) is 119 Å². The van der Waals surface area contributed by atoms with E-state index in [0.717, 1.165) is 0 Å². The molecule has 140 valence electrons. The number of carbonyl (C=O) groups excluding carboxylic acids is 2. The van der Waals surface area contributed by atoms with Gasteiger partial charge in [-0.15, -0.1) is 0 Å². The molecule has 0 radical (unpaired) electrons. The highest BCUT2D eigenvalue weighted by Gasteiger charge is 2.25. The summed E-state index contributed by atoms with van der Waals surface area (Å²) in [5.41, 5.74) is 2.93. The first-order valence-electron chi connectivity index (χ1n) is 9.06. The standard InChI is InChI=1S/C25H16O4/c26-23(16-7-3-1-4-8-16)21-15-22(24(27)17-9-5-2-6-10-17)20-14-12-18(25(28)29)11-13-19(20)21/h1-15H,(H,28,29). The summed E-state index contributed by atoms with van der Waals surface area (Å²) in [5.74, 6) is -1.51. The summed E-state index contributed by atoms with van der Waals surface area (Å²) in [6, 6.07) is 25.3. The Bertz CT molecular complexity index is 1110. The van der Waals surface area contributed by atoms with Crippen LogP contribution in [0.5, 0.6) is 0 Å². The van der Waals surface area contributed by atoms with Gasteiger partial charge in [0, 0.05) is 22.3 Å². The summed E-state index contributed by atoms with van der Waals surface area (Å²) < 4.78 is 0. The Hall–Kier alpha value is -4.05. The molecule has 4 nitrogen and oxygen atoms in total. The second-order valence-electron chi connectivity index (χ2n) is 6.62. The lowest BCUT2D eigenvalue weighted by Gasteiger charge is -2.02. The number of carboxylic acids is 1. The summed E-state index contributed by atoms with van der Waals surface area (Å²) in [6.45, 7) is 0. The van der Waals surface area contributed by atoms with Gasteiger partial charge < -0.3 is 5.11 Å². The van der Waals surface area contributed by atoms with Crippen molar-refractivity contribution in [3.63, 3.8) is 0 Å². The maximum Gasteiger partial charge on any atom is 0.335 e. The first-order valence-corrected chi connectivity index (χ1v) is 9.06. The van der Waals surface area contributed by atoms with Gasteiger partial charge >= 0.3 is 5.97 Å². The quantitative estimate of drug-likeness (QED) is 0.497. The molecular formula is C25H16O4. The summed E-state index contributed by atoms with van der Waals surface area (Å²) in [7, 11) is 0. The van der Waals surface area contributed by atoms with Gasteiger partial charge in [-0.05, 0) is 29.3 Å². The number of hydrogen-bond acceptors (Lipinski definition) is 3. The number of rotatable bonds is 5. The van der Waals surface area contributed by atoms with Gasteiger partial charge in [0.1, 0.15) is 0 Å². The maximum absolute atomic E-state index is 13.1. The molecule has 4 heteroatoms. The summed E-state index contributed by atoms with van der Waals surface area (Å²) in [6.07, 6.45) is 0. The summed E-state index contributed by atoms with van der Waals surface area (Å²) >= 11 is 0. The van der Waals surface area contributed by atoms with Gasteiger partial charge in [-0.1, -0.05) is 72.8 Å². The second-order valence-corrected chi connectivity index (χ2v) is 6.62. The molecule has 2 aliphatic rings. The Morgan fingerprint density at radius 1 is 0.517 bits per heavy atom. The van der Waals surface area contributed by atoms with E-state index in [4.69, 9.17) is 0 Å². The molecule has 0 unspecified atom stereocenters. The van der Waals surface area contributed by atoms with Crippen LogP contribution in [0.2, 0.25) is 0 Å². The van der Waals surface area contributed by atoms with Gasteiger partial charge in [0.25, 0.3) is 0 Å². The van der Waals surface area contributed by atoms with Crippen molar-refractivity contribution < 1.29 is 19.5 Å². The predicted molar refractivity (Wildman–Crippen MR) is 110 cm³/mol. The van der Waals surface area contributed by atoms with Crippen LogP contribution in [0.15, 0.2) is 91.0 Å². The number of benzene rings is 2. The molecule has 2 aromatic rings. The molecule has 0 fully saturated rings. The highest BCUT2D eigenvalue weighted by atomic mass is 16.4. The average molecular weight is 380 g/mol. The molecule has 0 saturated heterocycles. The minimum atomic E-state index is -1.07. The SMILES string of the molecule is O=C(O)c1ccc2c(C(=O)c3ccccc3)cc(C(=O)c3ccccc3)c-2cc1. The summed E-state index contributed by atoms with van der Waals surface area (Å²) in [4.78, 5) is 37.6. The Morgan fingerprint density at radius 2 is 0.931 bits per heavy atom. The molecule has 2 aromatic carbocycles. The molecule has 0 amide bonds. The Labute approximate surface area is 167 Å². The highest BCUT2D eigenvalue weighted by molar-refractivity contribution is 6.20. The lowest BCUT2D eigenvalue weighted by molar-refractivity contribution is 0.0696. The van der Waals surface area contributed by atoms with Crippen molar-refractivity contribution in [1.82, 2.24) is 0 Å². The van der Waals surface area contributed by atoms with Crippen molar-refractivity contribution in [2.75, 3.05) is 0 Å². The number of fused-ring (bicyclic) bond motifs is 1. The van der Waals surface area contributed by atoms with Gasteiger partial charge in [-0.3, -0.25) is 9.59 Å². The van der Waals surface area contributed by atoms with E-state index < -0.39 is 5.97 Å². The Kier molecular flexibility index (Phi) is 4.75. The molecule has 2 aliphatic carbocycles. The minimum Gasteiger partial charge on any atom is -0.478 e. The van der Waals surface area contributed by atoms with Crippen LogP contribution in [0.4, 0.5) is 0 Å². The van der Waals surface area contributed by atoms with E-state index >= 15 is 0 Å². The Balaban J connectivity index is 1.93. The maximum atomic E-state index is 13.1. The molecule has 29 heavy (non-hydrogen) atoms. The fraction of sp³-hybridized carbons (Fsp3) is 0. The number of ketones is 2. The molecule has 0 bridgehead atoms. The van der Waals surface area contributed by atoms with Gasteiger partial charge in [0.15, 0.2) is 11.6 Å². The van der Waals surface area contributed by atoms with E-state index in [9.17, 15) is 19.5 Å². The van der Waals surface area contributed by atoms with Crippen LogP contribution in [-0.2, 0) is 0 Å². The smallest absolute Gasteiger partial charge is 0.335 e. The third kappa shape index (κ3) is 3.44. The predicted octanol–water partition coefficient (Wildman–Crippen LogP) is 4.95. The van der Waals surface area contributed by atoms with Crippen LogP contribution < -0.4 is 0 Å². The largest absolute Gasteiger partial charge is 0.478 e. The zero-order chi connectivity index (χ0) is 20.4. The first kappa shape index (κ1) is 18.3. The second kappa shape index (κ2) is 7.52. The number of carboxylic acid groups (broad SMARTS) is 1. The average Bonchev–Trinajstić information content (AvgIpc) is 2.97. The molecule has 0 aliphatic heterocycles. The van der Waals surface area contributed by atoms with Gasteiger partial charge in [-0.25, -0.2) is 4.79 Å². The van der Waals surface area contributed by atoms with Crippen LogP contribution in [0.1, 0.15) is 42.2 Å². The lowest BCUT2D eigenvalue weighted by Crippen LogP contribution is -2.01. The van der Waals surface area contributed by atoms with Crippen molar-refractivity contribution >= 4 is 17.5 Å². The first-order chi connectivity index (χ1) is 14.1. The van der Waals surface area contributed by atoms with E-state index in [1.807, 2.05) is 12.1 Å². The normalized spacial score (nSPS) is 10.6. The van der Waals surface area contributed by atoms with Crippen molar-refractivity contribution in [1.29, 1.82) is 0 Å². The number of hydrogen-bond donors (Lipinski definition) is 1. The van der Waals surface area contributed by atoms with Crippen molar-refractivity contribution in [3.8, 4) is 11.1 Å². The fourth-order valence-electron chi connectivity index (χ4n) is 3.36. The Morgan fingerprint density at radius 3 is 1.31 bits per heavy atom. The van der Waals surface area contributed by atoms with E-state index in [0.29, 0.717) is 33.4 Å². The number of carbonyl (C=O) groups is 3. The zero-order valence-electron chi connectivity index (χ0n) is 15.3. The van der Waals surface area contributed by atoms with Gasteiger partial charge in [-0.2, -0.15) is 0 Å². The molecule has 0 saturated carbocycles. The summed E-state index contributed by atoms with van der Waals surface area (Å²) in [5, 5.41) is 9.32. The topological polar surface area (TPSA) is 71.4 Å². The van der Waals surface area contributed by atoms with E-state index in [-0.39, 0.29) is 17.1 Å². The molecular weight excluding hydrogens is 364 g/mol. The third-order valence-electron chi connectivity index (χ3n) is 4.83. The van der Waals surface area contributed by atoms with Crippen LogP contribution in [-0.4, -0.2) is 22.6 Å². The minimum absolute atomic E-state index is 0.0809. The molecule has 0 aromatic heterocycles. The van der Waals surface area contributed by atoms with Gasteiger partial charge in [0.05, 0.1) is 5.56 Å². The molecule has 0 heterocycles. The van der Waals surface area contributed by atoms with E-state index in [1.165, 1.54) is 12.1 Å². The monoisotopic (exact) mass is 380 g/mol. The van der Waals surface area contributed by atoms with E-state index in [1.54, 1.807) is 66.7 Å². The van der Waals surface area contributed by atoms with Crippen molar-refractivity contribution in [2.24, 2.45) is 0 Å². The zero-order valence-corrected chi connectivity index (χ0v) is 15.3. The van der Waals surface area contributed by atoms with Gasteiger partial charge in [0.2, 0.25) is 0 Å². The third-order valence-corrected chi connectivity index (χ3v) is 4.83. The molecule has 4 rings (SSSR count). The van der Waals surface area contributed by atoms with Crippen molar-refractivity contribution in [2.45, 2.75) is 0 Å². The lowest BCUT2D eigenvalue weighted by atomic mass is 10.00. The van der Waals surface area contributed by atoms with Crippen LogP contribution in [0, 0.1) is 0 Å². The van der Waals surface area contributed by atoms with Crippen LogP contribution >= 0.6 is 0 Å². The van der Waals surface area contributed by atoms with Crippen LogP contribution in [0.25, 0.3) is 11.1 Å². The fourth-order valence-corrected chi connectivity index (χ4v) is 3.36. The molecule has 1 N–H and O–H groups in total. The van der Waals surface area contributed by atoms with E-state index in [2.05, 4.69) is 0 Å². The molecule has 0 spiro atoms. The number of aromatic carboxylic acids is 1.